The third-order valence-corrected chi connectivity index (χ3v) is 4.67. The number of nitrogens with two attached hydrogens (primary N) is 1. The Morgan fingerprint density at radius 1 is 1.07 bits per heavy atom. The van der Waals surface area contributed by atoms with E-state index in [9.17, 15) is 9.65 Å². The highest BCUT2D eigenvalue weighted by atomic mass is 19.1. The molecule has 0 aliphatic rings. The molecule has 0 saturated heterocycles. The first kappa shape index (κ1) is 20.9. The van der Waals surface area contributed by atoms with Gasteiger partial charge in [-0.25, -0.2) is 14.4 Å². The summed E-state index contributed by atoms with van der Waals surface area (Å²) in [7, 11) is 0. The number of aryl methyl sites for hydroxylation is 2. The van der Waals surface area contributed by atoms with Crippen LogP contribution in [0.25, 0.3) is 5.70 Å². The molecule has 0 fully saturated rings. The number of allylic oxidation sites excluding steroid dienone is 1. The first-order valence-electron chi connectivity index (χ1n) is 9.54. The van der Waals surface area contributed by atoms with Gasteiger partial charge in [-0.1, -0.05) is 48.0 Å². The quantitative estimate of drug-likeness (QED) is 0.498. The summed E-state index contributed by atoms with van der Waals surface area (Å²) in [6.07, 6.45) is 3.53. The molecule has 2 N–H and O–H groups in total. The van der Waals surface area contributed by atoms with Crippen LogP contribution in [0, 0.1) is 31.0 Å². The van der Waals surface area contributed by atoms with Gasteiger partial charge in [0.1, 0.15) is 17.5 Å². The fourth-order valence-electron chi connectivity index (χ4n) is 3.01. The van der Waals surface area contributed by atoms with Crippen LogP contribution in [-0.2, 0) is 6.42 Å². The molecule has 0 spiro atoms. The standard InChI is InChI=1S/C24H22FN5/c1-16-7-9-19(10-8-16)23(20(15-26)22(27)24-29-12-4-13-30-24)28-14-11-18-6-3-5-17(2)21(18)25/h3-10,12-13H,11,14,27H2,1-2H3. The largest absolute Gasteiger partial charge is 0.395 e. The Labute approximate surface area is 175 Å². The average Bonchev–Trinajstić information content (AvgIpc) is 2.77. The van der Waals surface area contributed by atoms with Crippen molar-refractivity contribution in [2.24, 2.45) is 10.7 Å². The van der Waals surface area contributed by atoms with Crippen LogP contribution in [0.5, 0.6) is 0 Å². The van der Waals surface area contributed by atoms with E-state index in [1.807, 2.05) is 37.3 Å². The minimum absolute atomic E-state index is 0.152. The van der Waals surface area contributed by atoms with E-state index in [0.29, 0.717) is 29.8 Å². The molecule has 0 radical (unpaired) electrons. The SMILES string of the molecule is Cc1ccc(C(=NCCc2cccc(C)c2F)C(C#N)=C(N)c2ncccn2)cc1. The highest BCUT2D eigenvalue weighted by Crippen LogP contribution is 2.18. The molecule has 0 aliphatic carbocycles. The van der Waals surface area contributed by atoms with Gasteiger partial charge >= 0.3 is 0 Å². The monoisotopic (exact) mass is 399 g/mol. The molecule has 2 aromatic carbocycles. The van der Waals surface area contributed by atoms with Crippen LogP contribution in [-0.4, -0.2) is 22.2 Å². The molecular formula is C24H22FN5. The summed E-state index contributed by atoms with van der Waals surface area (Å²) in [5, 5.41) is 9.86. The number of hydrogen-bond acceptors (Lipinski definition) is 5. The van der Waals surface area contributed by atoms with Crippen molar-refractivity contribution in [3.8, 4) is 6.07 Å². The van der Waals surface area contributed by atoms with Gasteiger partial charge in [-0.2, -0.15) is 5.26 Å². The number of nitrogens with zero attached hydrogens (tertiary/aromatic N) is 4. The van der Waals surface area contributed by atoms with Gasteiger partial charge in [0.2, 0.25) is 0 Å². The first-order valence-corrected chi connectivity index (χ1v) is 9.54. The molecule has 0 aliphatic heterocycles. The Kier molecular flexibility index (Phi) is 6.66. The van der Waals surface area contributed by atoms with Crippen molar-refractivity contribution < 1.29 is 4.39 Å². The third kappa shape index (κ3) is 4.76. The van der Waals surface area contributed by atoms with Crippen LogP contribution < -0.4 is 5.73 Å². The molecule has 1 heterocycles. The normalized spacial score (nSPS) is 12.3. The molecule has 0 saturated carbocycles. The summed E-state index contributed by atoms with van der Waals surface area (Å²) in [5.41, 5.74) is 10.0. The molecule has 0 amide bonds. The lowest BCUT2D eigenvalue weighted by Crippen LogP contribution is -2.14. The number of hydrogen-bond donors (Lipinski definition) is 1. The topological polar surface area (TPSA) is 88.0 Å². The van der Waals surface area contributed by atoms with Crippen LogP contribution in [0.2, 0.25) is 0 Å². The highest BCUT2D eigenvalue weighted by molar-refractivity contribution is 6.18. The molecule has 0 atom stereocenters. The van der Waals surface area contributed by atoms with E-state index >= 15 is 0 Å². The van der Waals surface area contributed by atoms with Crippen molar-refractivity contribution in [3.05, 3.63) is 100 Å². The fourth-order valence-corrected chi connectivity index (χ4v) is 3.01. The summed E-state index contributed by atoms with van der Waals surface area (Å²) in [4.78, 5) is 12.9. The Morgan fingerprint density at radius 3 is 2.43 bits per heavy atom. The fraction of sp³-hybridized carbons (Fsp3) is 0.167. The molecule has 6 heteroatoms. The van der Waals surface area contributed by atoms with Crippen LogP contribution in [0.3, 0.4) is 0 Å². The molecule has 150 valence electrons. The first-order chi connectivity index (χ1) is 14.5. The van der Waals surface area contributed by atoms with Crippen LogP contribution >= 0.6 is 0 Å². The summed E-state index contributed by atoms with van der Waals surface area (Å²) < 4.78 is 14.3. The maximum atomic E-state index is 14.3. The third-order valence-electron chi connectivity index (χ3n) is 4.67. The molecule has 1 aromatic heterocycles. The Balaban J connectivity index is 2.02. The number of benzene rings is 2. The lowest BCUT2D eigenvalue weighted by atomic mass is 9.99. The molecule has 3 rings (SSSR count). The van der Waals surface area contributed by atoms with Crippen LogP contribution in [0.4, 0.5) is 4.39 Å². The maximum Gasteiger partial charge on any atom is 0.176 e. The van der Waals surface area contributed by atoms with E-state index in [4.69, 9.17) is 5.73 Å². The number of aliphatic imine (C=N–C) groups is 1. The van der Waals surface area contributed by atoms with Crippen molar-refractivity contribution in [1.82, 2.24) is 9.97 Å². The zero-order valence-electron chi connectivity index (χ0n) is 16.9. The van der Waals surface area contributed by atoms with E-state index in [0.717, 1.165) is 11.1 Å². The molecule has 5 nitrogen and oxygen atoms in total. The van der Waals surface area contributed by atoms with Crippen LogP contribution in [0.1, 0.15) is 28.1 Å². The minimum Gasteiger partial charge on any atom is -0.395 e. The van der Waals surface area contributed by atoms with Crippen LogP contribution in [0.15, 0.2) is 71.5 Å². The second-order valence-corrected chi connectivity index (χ2v) is 6.87. The summed E-state index contributed by atoms with van der Waals surface area (Å²) in [5.74, 6) is 0.0384. The van der Waals surface area contributed by atoms with Crippen molar-refractivity contribution in [2.45, 2.75) is 20.3 Å². The molecule has 0 bridgehead atoms. The van der Waals surface area contributed by atoms with E-state index in [1.165, 1.54) is 0 Å². The maximum absolute atomic E-state index is 14.3. The summed E-state index contributed by atoms with van der Waals surface area (Å²) in [6.45, 7) is 4.02. The zero-order valence-corrected chi connectivity index (χ0v) is 16.9. The Hall–Kier alpha value is -3.85. The molecule has 30 heavy (non-hydrogen) atoms. The van der Waals surface area contributed by atoms with Gasteiger partial charge in [-0.05, 0) is 37.5 Å². The number of rotatable bonds is 6. The lowest BCUT2D eigenvalue weighted by molar-refractivity contribution is 0.600. The van der Waals surface area contributed by atoms with Crippen molar-refractivity contribution >= 4 is 11.4 Å². The van der Waals surface area contributed by atoms with Crippen molar-refractivity contribution in [3.63, 3.8) is 0 Å². The van der Waals surface area contributed by atoms with Gasteiger partial charge < -0.3 is 5.73 Å². The second kappa shape index (κ2) is 9.57. The van der Waals surface area contributed by atoms with E-state index in [-0.39, 0.29) is 22.9 Å². The number of aromatic nitrogens is 2. The highest BCUT2D eigenvalue weighted by Gasteiger charge is 2.17. The molecule has 0 unspecified atom stereocenters. The van der Waals surface area contributed by atoms with E-state index in [1.54, 1.807) is 37.5 Å². The smallest absolute Gasteiger partial charge is 0.176 e. The summed E-state index contributed by atoms with van der Waals surface area (Å²) >= 11 is 0. The zero-order chi connectivity index (χ0) is 21.5. The predicted molar refractivity (Wildman–Crippen MR) is 116 cm³/mol. The van der Waals surface area contributed by atoms with E-state index < -0.39 is 0 Å². The van der Waals surface area contributed by atoms with Crippen molar-refractivity contribution in [2.75, 3.05) is 6.54 Å². The van der Waals surface area contributed by atoms with Gasteiger partial charge in [-0.3, -0.25) is 4.99 Å². The van der Waals surface area contributed by atoms with Gasteiger partial charge in [-0.15, -0.1) is 0 Å². The Morgan fingerprint density at radius 2 is 1.77 bits per heavy atom. The predicted octanol–water partition coefficient (Wildman–Crippen LogP) is 4.16. The van der Waals surface area contributed by atoms with E-state index in [2.05, 4.69) is 21.0 Å². The summed E-state index contributed by atoms with van der Waals surface area (Å²) in [6, 6.07) is 16.8. The minimum atomic E-state index is -0.224. The van der Waals surface area contributed by atoms with Gasteiger partial charge in [0.25, 0.3) is 0 Å². The van der Waals surface area contributed by atoms with Gasteiger partial charge in [0, 0.05) is 24.5 Å². The second-order valence-electron chi connectivity index (χ2n) is 6.87. The lowest BCUT2D eigenvalue weighted by Gasteiger charge is -2.10. The molecular weight excluding hydrogens is 377 g/mol. The number of halogens is 1. The molecule has 3 aromatic rings. The Bertz CT molecular complexity index is 1130. The van der Waals surface area contributed by atoms with Gasteiger partial charge in [0.05, 0.1) is 11.4 Å². The van der Waals surface area contributed by atoms with Crippen molar-refractivity contribution in [1.29, 1.82) is 5.26 Å². The average molecular weight is 399 g/mol. The van der Waals surface area contributed by atoms with Gasteiger partial charge in [0.15, 0.2) is 5.82 Å². The number of nitriles is 1.